The second-order valence-corrected chi connectivity index (χ2v) is 5.34. The Kier molecular flexibility index (Phi) is 5.46. The second kappa shape index (κ2) is 7.53. The van der Waals surface area contributed by atoms with E-state index < -0.39 is 5.97 Å². The van der Waals surface area contributed by atoms with Gasteiger partial charge < -0.3 is 14.5 Å². The van der Waals surface area contributed by atoms with Crippen molar-refractivity contribution in [3.8, 4) is 0 Å². The summed E-state index contributed by atoms with van der Waals surface area (Å²) in [5.74, 6) is 0.191. The Morgan fingerprint density at radius 2 is 1.96 bits per heavy atom. The fraction of sp³-hybridized carbons (Fsp3) is 0.375. The zero-order chi connectivity index (χ0) is 16.8. The first kappa shape index (κ1) is 16.7. The molecular formula is C16H19N3O4. The van der Waals surface area contributed by atoms with Crippen LogP contribution < -0.4 is 0 Å². The molecule has 122 valence electrons. The van der Waals surface area contributed by atoms with Gasteiger partial charge in [-0.1, -0.05) is 17.3 Å². The van der Waals surface area contributed by atoms with E-state index in [-0.39, 0.29) is 11.5 Å². The predicted molar refractivity (Wildman–Crippen MR) is 81.8 cm³/mol. The molecular weight excluding hydrogens is 298 g/mol. The molecule has 0 saturated heterocycles. The van der Waals surface area contributed by atoms with Gasteiger partial charge in [0, 0.05) is 26.4 Å². The average molecular weight is 317 g/mol. The molecule has 0 atom stereocenters. The van der Waals surface area contributed by atoms with E-state index in [0.29, 0.717) is 37.5 Å². The summed E-state index contributed by atoms with van der Waals surface area (Å²) in [7, 11) is 1.73. The number of hydrogen-bond acceptors (Lipinski definition) is 5. The van der Waals surface area contributed by atoms with E-state index in [9.17, 15) is 9.59 Å². The van der Waals surface area contributed by atoms with Crippen LogP contribution in [-0.4, -0.2) is 39.1 Å². The molecule has 23 heavy (non-hydrogen) atoms. The maximum atomic E-state index is 12.1. The lowest BCUT2D eigenvalue weighted by Crippen LogP contribution is -2.26. The predicted octanol–water partition coefficient (Wildman–Crippen LogP) is 2.06. The van der Waals surface area contributed by atoms with Gasteiger partial charge >= 0.3 is 5.97 Å². The summed E-state index contributed by atoms with van der Waals surface area (Å²) in [6.45, 7) is 2.19. The Morgan fingerprint density at radius 3 is 2.52 bits per heavy atom. The molecule has 7 nitrogen and oxygen atoms in total. The number of benzene rings is 1. The first-order valence-electron chi connectivity index (χ1n) is 7.31. The van der Waals surface area contributed by atoms with E-state index in [1.54, 1.807) is 31.0 Å². The standard InChI is InChI=1S/C16H19N3O4/c1-11-17-14(23-18-11)4-3-5-15(20)19(2)10-12-6-8-13(9-7-12)16(21)22/h6-9H,3-5,10H2,1-2H3,(H,21,22). The molecule has 1 heterocycles. The van der Waals surface area contributed by atoms with Crippen LogP contribution in [0.3, 0.4) is 0 Å². The molecule has 1 amide bonds. The summed E-state index contributed by atoms with van der Waals surface area (Å²) in [6.07, 6.45) is 1.61. The largest absolute Gasteiger partial charge is 0.478 e. The van der Waals surface area contributed by atoms with Gasteiger partial charge in [-0.2, -0.15) is 4.98 Å². The highest BCUT2D eigenvalue weighted by Crippen LogP contribution is 2.09. The van der Waals surface area contributed by atoms with Crippen LogP contribution in [0.15, 0.2) is 28.8 Å². The molecule has 0 saturated carbocycles. The van der Waals surface area contributed by atoms with Crippen LogP contribution in [0.5, 0.6) is 0 Å². The van der Waals surface area contributed by atoms with E-state index in [0.717, 1.165) is 5.56 Å². The van der Waals surface area contributed by atoms with E-state index in [1.165, 1.54) is 12.1 Å². The molecule has 0 bridgehead atoms. The lowest BCUT2D eigenvalue weighted by molar-refractivity contribution is -0.130. The number of hydrogen-bond donors (Lipinski definition) is 1. The van der Waals surface area contributed by atoms with Gasteiger partial charge in [0.2, 0.25) is 11.8 Å². The van der Waals surface area contributed by atoms with Gasteiger partial charge in [0.15, 0.2) is 5.82 Å². The fourth-order valence-electron chi connectivity index (χ4n) is 2.14. The van der Waals surface area contributed by atoms with Crippen LogP contribution in [0.4, 0.5) is 0 Å². The summed E-state index contributed by atoms with van der Waals surface area (Å²) < 4.78 is 5.00. The molecule has 0 radical (unpaired) electrons. The number of rotatable bonds is 7. The lowest BCUT2D eigenvalue weighted by Gasteiger charge is -2.17. The van der Waals surface area contributed by atoms with Gasteiger partial charge in [0.1, 0.15) is 0 Å². The number of amides is 1. The number of carboxylic acid groups (broad SMARTS) is 1. The summed E-state index contributed by atoms with van der Waals surface area (Å²) in [6, 6.07) is 6.50. The third-order valence-electron chi connectivity index (χ3n) is 3.40. The van der Waals surface area contributed by atoms with Crippen molar-refractivity contribution < 1.29 is 19.2 Å². The van der Waals surface area contributed by atoms with E-state index in [1.807, 2.05) is 0 Å². The molecule has 0 aliphatic rings. The molecule has 2 rings (SSSR count). The second-order valence-electron chi connectivity index (χ2n) is 5.34. The number of aromatic nitrogens is 2. The first-order valence-corrected chi connectivity index (χ1v) is 7.31. The molecule has 0 fully saturated rings. The maximum Gasteiger partial charge on any atom is 0.335 e. The summed E-state index contributed by atoms with van der Waals surface area (Å²) in [5.41, 5.74) is 1.12. The van der Waals surface area contributed by atoms with Gasteiger partial charge in [-0.15, -0.1) is 0 Å². The van der Waals surface area contributed by atoms with Crippen molar-refractivity contribution in [2.24, 2.45) is 0 Å². The monoisotopic (exact) mass is 317 g/mol. The minimum atomic E-state index is -0.961. The number of carbonyl (C=O) groups is 2. The van der Waals surface area contributed by atoms with Crippen LogP contribution in [-0.2, 0) is 17.8 Å². The van der Waals surface area contributed by atoms with Crippen LogP contribution >= 0.6 is 0 Å². The Bertz CT molecular complexity index is 679. The third kappa shape index (κ3) is 4.91. The van der Waals surface area contributed by atoms with Gasteiger partial charge in [-0.25, -0.2) is 4.79 Å². The van der Waals surface area contributed by atoms with Crippen LogP contribution in [0, 0.1) is 6.92 Å². The van der Waals surface area contributed by atoms with Gasteiger partial charge in [0.05, 0.1) is 5.56 Å². The van der Waals surface area contributed by atoms with Crippen molar-refractivity contribution in [3.05, 3.63) is 47.1 Å². The Morgan fingerprint density at radius 1 is 1.26 bits per heavy atom. The Balaban J connectivity index is 1.78. The fourth-order valence-corrected chi connectivity index (χ4v) is 2.14. The van der Waals surface area contributed by atoms with Crippen LogP contribution in [0.1, 0.15) is 40.5 Å². The molecule has 0 aliphatic heterocycles. The number of carboxylic acids is 1. The first-order chi connectivity index (χ1) is 11.0. The minimum absolute atomic E-state index is 0.0172. The van der Waals surface area contributed by atoms with E-state index >= 15 is 0 Å². The topological polar surface area (TPSA) is 96.5 Å². The highest BCUT2D eigenvalue weighted by Gasteiger charge is 2.11. The quantitative estimate of drug-likeness (QED) is 0.839. The van der Waals surface area contributed by atoms with Crippen molar-refractivity contribution >= 4 is 11.9 Å². The third-order valence-corrected chi connectivity index (χ3v) is 3.40. The van der Waals surface area contributed by atoms with Gasteiger partial charge in [-0.05, 0) is 31.0 Å². The smallest absolute Gasteiger partial charge is 0.335 e. The SMILES string of the molecule is Cc1noc(CCCC(=O)N(C)Cc2ccc(C(=O)O)cc2)n1. The molecule has 0 aliphatic carbocycles. The number of aryl methyl sites for hydroxylation is 2. The zero-order valence-corrected chi connectivity index (χ0v) is 13.2. The van der Waals surface area contributed by atoms with Gasteiger partial charge in [-0.3, -0.25) is 4.79 Å². The van der Waals surface area contributed by atoms with Crippen molar-refractivity contribution in [2.75, 3.05) is 7.05 Å². The molecule has 1 aromatic heterocycles. The molecule has 7 heteroatoms. The zero-order valence-electron chi connectivity index (χ0n) is 13.2. The normalized spacial score (nSPS) is 10.5. The molecule has 0 spiro atoms. The van der Waals surface area contributed by atoms with E-state index in [2.05, 4.69) is 10.1 Å². The number of carbonyl (C=O) groups excluding carboxylic acids is 1. The molecule has 1 aromatic carbocycles. The van der Waals surface area contributed by atoms with Crippen molar-refractivity contribution in [1.29, 1.82) is 0 Å². The number of aromatic carboxylic acids is 1. The Labute approximate surface area is 133 Å². The van der Waals surface area contributed by atoms with E-state index in [4.69, 9.17) is 9.63 Å². The molecule has 0 unspecified atom stereocenters. The van der Waals surface area contributed by atoms with Crippen molar-refractivity contribution in [2.45, 2.75) is 32.7 Å². The molecule has 2 aromatic rings. The van der Waals surface area contributed by atoms with Crippen molar-refractivity contribution in [3.63, 3.8) is 0 Å². The minimum Gasteiger partial charge on any atom is -0.478 e. The summed E-state index contributed by atoms with van der Waals surface area (Å²) in [5, 5.41) is 12.6. The highest BCUT2D eigenvalue weighted by atomic mass is 16.5. The maximum absolute atomic E-state index is 12.1. The van der Waals surface area contributed by atoms with Crippen LogP contribution in [0.25, 0.3) is 0 Å². The lowest BCUT2D eigenvalue weighted by atomic mass is 10.1. The molecule has 1 N–H and O–H groups in total. The number of nitrogens with zero attached hydrogens (tertiary/aromatic N) is 3. The average Bonchev–Trinajstić information content (AvgIpc) is 2.93. The van der Waals surface area contributed by atoms with Gasteiger partial charge in [0.25, 0.3) is 0 Å². The summed E-state index contributed by atoms with van der Waals surface area (Å²) >= 11 is 0. The van der Waals surface area contributed by atoms with Crippen molar-refractivity contribution in [1.82, 2.24) is 15.0 Å². The van der Waals surface area contributed by atoms with Crippen LogP contribution in [0.2, 0.25) is 0 Å². The summed E-state index contributed by atoms with van der Waals surface area (Å²) in [4.78, 5) is 28.6. The Hall–Kier alpha value is -2.70. The highest BCUT2D eigenvalue weighted by molar-refractivity contribution is 5.87.